The van der Waals surface area contributed by atoms with E-state index in [9.17, 15) is 23.1 Å². The number of piperazine rings is 1. The van der Waals surface area contributed by atoms with Gasteiger partial charge in [-0.25, -0.2) is 13.4 Å². The molecule has 2 aromatic heterocycles. The topological polar surface area (TPSA) is 114 Å². The Hall–Kier alpha value is -2.13. The molecule has 4 heterocycles. The molecule has 1 aromatic carbocycles. The van der Waals surface area contributed by atoms with Crippen LogP contribution in [0.5, 0.6) is 0 Å². The van der Waals surface area contributed by atoms with Crippen LogP contribution in [0.1, 0.15) is 32.4 Å². The first kappa shape index (κ1) is 28.4. The number of hydrogen-bond acceptors (Lipinski definition) is 9. The number of sulfonamides is 1. The molecule has 2 aliphatic heterocycles. The SMILES string of the molecule is CN1CCc2nc(C(=O)N3CCN(S(=O)(=O)c4sc5cc(Cl)ccc5c4CO)CC3CC(=O)N(C)C)sc2C1. The maximum absolute atomic E-state index is 13.9. The Morgan fingerprint density at radius 3 is 2.69 bits per heavy atom. The van der Waals surface area contributed by atoms with Crippen LogP contribution in [0.2, 0.25) is 5.02 Å². The number of thiophene rings is 1. The molecule has 0 radical (unpaired) electrons. The highest BCUT2D eigenvalue weighted by Crippen LogP contribution is 2.38. The van der Waals surface area contributed by atoms with Crippen molar-refractivity contribution in [3.8, 4) is 0 Å². The van der Waals surface area contributed by atoms with Gasteiger partial charge in [0.1, 0.15) is 4.21 Å². The van der Waals surface area contributed by atoms with Crippen LogP contribution in [0.25, 0.3) is 10.1 Å². The molecule has 1 unspecified atom stereocenters. The van der Waals surface area contributed by atoms with Gasteiger partial charge < -0.3 is 19.8 Å². The summed E-state index contributed by atoms with van der Waals surface area (Å²) >= 11 is 8.55. The number of fused-ring (bicyclic) bond motifs is 2. The standard InChI is InChI=1S/C25H30ClN5O5S3/c1-28(2)22(33)11-16-12-30(39(35,36)25-18(14-32)17-5-4-15(26)10-20(17)38-25)8-9-31(16)24(34)23-27-19-6-7-29(3)13-21(19)37-23/h4-5,10,16,32H,6-9,11-14H2,1-3H3. The zero-order valence-electron chi connectivity index (χ0n) is 21.9. The van der Waals surface area contributed by atoms with Gasteiger partial charge in [0.2, 0.25) is 5.91 Å². The summed E-state index contributed by atoms with van der Waals surface area (Å²) in [5.41, 5.74) is 1.26. The van der Waals surface area contributed by atoms with E-state index in [1.807, 2.05) is 7.05 Å². The quantitative estimate of drug-likeness (QED) is 0.455. The summed E-state index contributed by atoms with van der Waals surface area (Å²) in [6.07, 6.45) is 0.755. The Bertz CT molecular complexity index is 1540. The number of halogens is 1. The lowest BCUT2D eigenvalue weighted by atomic mass is 10.1. The van der Waals surface area contributed by atoms with Gasteiger partial charge in [-0.3, -0.25) is 9.59 Å². The highest BCUT2D eigenvalue weighted by Gasteiger charge is 2.40. The van der Waals surface area contributed by atoms with E-state index in [-0.39, 0.29) is 42.1 Å². The maximum atomic E-state index is 13.9. The van der Waals surface area contributed by atoms with E-state index in [1.54, 1.807) is 37.2 Å². The average molecular weight is 612 g/mol. The Labute approximate surface area is 240 Å². The van der Waals surface area contributed by atoms with Crippen molar-refractivity contribution in [1.29, 1.82) is 0 Å². The number of carbonyl (C=O) groups excluding carboxylic acids is 2. The van der Waals surface area contributed by atoms with E-state index < -0.39 is 22.7 Å². The Morgan fingerprint density at radius 1 is 1.21 bits per heavy atom. The van der Waals surface area contributed by atoms with E-state index in [0.29, 0.717) is 25.7 Å². The van der Waals surface area contributed by atoms with Crippen LogP contribution in [0.4, 0.5) is 0 Å². The van der Waals surface area contributed by atoms with Crippen molar-refractivity contribution in [3.05, 3.63) is 44.4 Å². The number of aliphatic hydroxyl groups excluding tert-OH is 1. The first-order valence-corrected chi connectivity index (χ1v) is 15.9. The van der Waals surface area contributed by atoms with Crippen LogP contribution in [0, 0.1) is 0 Å². The van der Waals surface area contributed by atoms with E-state index in [4.69, 9.17) is 11.6 Å². The van der Waals surface area contributed by atoms with Gasteiger partial charge in [-0.05, 0) is 24.6 Å². The molecule has 2 aliphatic rings. The summed E-state index contributed by atoms with van der Waals surface area (Å²) in [6, 6.07) is 4.38. The molecule has 210 valence electrons. The molecule has 0 aliphatic carbocycles. The smallest absolute Gasteiger partial charge is 0.283 e. The maximum Gasteiger partial charge on any atom is 0.283 e. The fourth-order valence-electron chi connectivity index (χ4n) is 4.99. The van der Waals surface area contributed by atoms with Crippen LogP contribution in [0.3, 0.4) is 0 Å². The van der Waals surface area contributed by atoms with Crippen LogP contribution in [-0.4, -0.2) is 103 Å². The highest BCUT2D eigenvalue weighted by atomic mass is 35.5. The normalized spacial score (nSPS) is 18.9. The lowest BCUT2D eigenvalue weighted by Crippen LogP contribution is -2.57. The van der Waals surface area contributed by atoms with E-state index >= 15 is 0 Å². The fourth-order valence-corrected chi connectivity index (χ4v) is 9.77. The predicted octanol–water partition coefficient (Wildman–Crippen LogP) is 2.49. The van der Waals surface area contributed by atoms with Gasteiger partial charge in [-0.1, -0.05) is 17.7 Å². The molecule has 5 rings (SSSR count). The first-order valence-electron chi connectivity index (χ1n) is 12.5. The Morgan fingerprint density at radius 2 is 1.97 bits per heavy atom. The summed E-state index contributed by atoms with van der Waals surface area (Å²) in [5.74, 6) is -0.483. The van der Waals surface area contributed by atoms with Crippen LogP contribution >= 0.6 is 34.3 Å². The van der Waals surface area contributed by atoms with Crippen molar-refractivity contribution < 1.29 is 23.1 Å². The molecular formula is C25H30ClN5O5S3. The largest absolute Gasteiger partial charge is 0.392 e. The second-order valence-electron chi connectivity index (χ2n) is 10.1. The van der Waals surface area contributed by atoms with E-state index in [0.717, 1.165) is 41.4 Å². The summed E-state index contributed by atoms with van der Waals surface area (Å²) in [5, 5.41) is 11.6. The molecule has 10 nitrogen and oxygen atoms in total. The van der Waals surface area contributed by atoms with Gasteiger partial charge in [-0.2, -0.15) is 4.31 Å². The van der Waals surface area contributed by atoms with Gasteiger partial charge in [0.05, 0.1) is 18.3 Å². The predicted molar refractivity (Wildman–Crippen MR) is 152 cm³/mol. The number of aliphatic hydroxyl groups is 1. The molecule has 2 amide bonds. The first-order chi connectivity index (χ1) is 18.5. The zero-order chi connectivity index (χ0) is 28.1. The molecule has 39 heavy (non-hydrogen) atoms. The van der Waals surface area contributed by atoms with Gasteiger partial charge in [0, 0.05) is 79.8 Å². The molecule has 1 N–H and O–H groups in total. The lowest BCUT2D eigenvalue weighted by molar-refractivity contribution is -0.130. The molecule has 3 aromatic rings. The van der Waals surface area contributed by atoms with Gasteiger partial charge in [0.15, 0.2) is 5.01 Å². The van der Waals surface area contributed by atoms with Gasteiger partial charge >= 0.3 is 0 Å². The summed E-state index contributed by atoms with van der Waals surface area (Å²) < 4.78 is 29.8. The third-order valence-corrected chi connectivity index (χ3v) is 12.1. The van der Waals surface area contributed by atoms with Crippen LogP contribution < -0.4 is 0 Å². The van der Waals surface area contributed by atoms with Crippen molar-refractivity contribution in [2.75, 3.05) is 47.3 Å². The number of likely N-dealkylation sites (N-methyl/N-ethyl adjacent to an activating group) is 1. The lowest BCUT2D eigenvalue weighted by Gasteiger charge is -2.40. The summed E-state index contributed by atoms with van der Waals surface area (Å²) in [6.45, 7) is 1.32. The minimum Gasteiger partial charge on any atom is -0.392 e. The minimum atomic E-state index is -4.02. The van der Waals surface area contributed by atoms with Gasteiger partial charge in [0.25, 0.3) is 15.9 Å². The molecule has 0 saturated carbocycles. The number of rotatable bonds is 6. The van der Waals surface area contributed by atoms with Crippen LogP contribution in [-0.2, 0) is 34.4 Å². The van der Waals surface area contributed by atoms with E-state index in [1.165, 1.54) is 20.5 Å². The van der Waals surface area contributed by atoms with Gasteiger partial charge in [-0.15, -0.1) is 22.7 Å². The Kier molecular flexibility index (Phi) is 8.04. The molecule has 0 spiro atoms. The minimum absolute atomic E-state index is 0.0204. The molecule has 0 bridgehead atoms. The summed E-state index contributed by atoms with van der Waals surface area (Å²) in [4.78, 5) is 37.3. The number of nitrogens with zero attached hydrogens (tertiary/aromatic N) is 5. The Balaban J connectivity index is 1.45. The highest BCUT2D eigenvalue weighted by molar-refractivity contribution is 7.91. The van der Waals surface area contributed by atoms with Crippen LogP contribution in [0.15, 0.2) is 22.4 Å². The summed E-state index contributed by atoms with van der Waals surface area (Å²) in [7, 11) is 1.27. The fraction of sp³-hybridized carbons (Fsp3) is 0.480. The molecule has 1 fully saturated rings. The third-order valence-electron chi connectivity index (χ3n) is 7.17. The third kappa shape index (κ3) is 5.45. The molecule has 14 heteroatoms. The zero-order valence-corrected chi connectivity index (χ0v) is 25.1. The van der Waals surface area contributed by atoms with Crippen molar-refractivity contribution >= 4 is 66.2 Å². The number of hydrogen-bond donors (Lipinski definition) is 1. The number of carbonyl (C=O) groups is 2. The van der Waals surface area contributed by atoms with Crippen molar-refractivity contribution in [2.45, 2.75) is 36.2 Å². The van der Waals surface area contributed by atoms with E-state index in [2.05, 4.69) is 9.88 Å². The van der Waals surface area contributed by atoms with Crippen molar-refractivity contribution in [2.24, 2.45) is 0 Å². The molecule has 1 saturated heterocycles. The van der Waals surface area contributed by atoms with Crippen molar-refractivity contribution in [1.82, 2.24) is 24.0 Å². The second-order valence-corrected chi connectivity index (χ2v) is 14.8. The van der Waals surface area contributed by atoms with Crippen molar-refractivity contribution in [3.63, 3.8) is 0 Å². The molecule has 1 atom stereocenters. The second kappa shape index (κ2) is 11.0. The average Bonchev–Trinajstić information content (AvgIpc) is 3.49. The number of benzene rings is 1. The molecular weight excluding hydrogens is 582 g/mol. The number of thiazole rings is 1. The monoisotopic (exact) mass is 611 g/mol. The number of aromatic nitrogens is 1. The number of amides is 2.